The van der Waals surface area contributed by atoms with Crippen LogP contribution in [0.1, 0.15) is 59.3 Å². The molecule has 0 aromatic rings. The van der Waals surface area contributed by atoms with Gasteiger partial charge in [0.05, 0.1) is 6.54 Å². The zero-order valence-electron chi connectivity index (χ0n) is 13.6. The Morgan fingerprint density at radius 2 is 1.76 bits per heavy atom. The monoisotopic (exact) mass is 295 g/mol. The zero-order chi connectivity index (χ0) is 15.5. The maximum atomic E-state index is 12.1. The molecule has 1 heterocycles. The van der Waals surface area contributed by atoms with Crippen molar-refractivity contribution < 1.29 is 9.59 Å². The van der Waals surface area contributed by atoms with Crippen LogP contribution in [0.2, 0.25) is 0 Å². The Hall–Kier alpha value is -1.10. The van der Waals surface area contributed by atoms with Crippen molar-refractivity contribution >= 4 is 11.9 Å². The smallest absolute Gasteiger partial charge is 0.321 e. The lowest BCUT2D eigenvalue weighted by Crippen LogP contribution is -2.53. The number of fused-ring (bicyclic) bond motifs is 1. The molecular weight excluding hydrogens is 266 g/mol. The van der Waals surface area contributed by atoms with E-state index in [0.717, 1.165) is 12.5 Å². The average molecular weight is 295 g/mol. The summed E-state index contributed by atoms with van der Waals surface area (Å²) in [7, 11) is 0. The molecule has 2 rings (SSSR count). The molecule has 1 aliphatic heterocycles. The van der Waals surface area contributed by atoms with Crippen LogP contribution in [0.25, 0.3) is 0 Å². The second kappa shape index (κ2) is 6.77. The first kappa shape index (κ1) is 16.3. The van der Waals surface area contributed by atoms with Crippen LogP contribution in [0, 0.1) is 5.92 Å². The molecule has 0 aromatic heterocycles. The van der Waals surface area contributed by atoms with Crippen LogP contribution in [0.5, 0.6) is 0 Å². The molecule has 2 aliphatic rings. The van der Waals surface area contributed by atoms with Gasteiger partial charge in [0.1, 0.15) is 0 Å². The molecule has 0 bridgehead atoms. The maximum Gasteiger partial charge on any atom is 0.321 e. The van der Waals surface area contributed by atoms with Crippen LogP contribution >= 0.6 is 0 Å². The molecule has 2 atom stereocenters. The highest BCUT2D eigenvalue weighted by molar-refractivity contribution is 5.95. The minimum atomic E-state index is -0.398. The van der Waals surface area contributed by atoms with Gasteiger partial charge in [-0.05, 0) is 58.9 Å². The lowest BCUT2D eigenvalue weighted by atomic mass is 9.78. The second-order valence-electron chi connectivity index (χ2n) is 7.48. The van der Waals surface area contributed by atoms with Crippen LogP contribution in [0.4, 0.5) is 4.79 Å². The van der Waals surface area contributed by atoms with E-state index in [1.165, 1.54) is 38.5 Å². The number of nitrogens with one attached hydrogen (secondary N) is 2. The highest BCUT2D eigenvalue weighted by atomic mass is 16.2. The number of hydrogen-bond acceptors (Lipinski definition) is 3. The fourth-order valence-corrected chi connectivity index (χ4v) is 3.65. The molecule has 2 fully saturated rings. The van der Waals surface area contributed by atoms with Crippen LogP contribution in [0.15, 0.2) is 0 Å². The van der Waals surface area contributed by atoms with Gasteiger partial charge in [0, 0.05) is 11.6 Å². The topological polar surface area (TPSA) is 61.4 Å². The molecule has 3 amide bonds. The van der Waals surface area contributed by atoms with Gasteiger partial charge in [-0.1, -0.05) is 12.8 Å². The van der Waals surface area contributed by atoms with E-state index in [2.05, 4.69) is 15.5 Å². The molecule has 120 valence electrons. The van der Waals surface area contributed by atoms with Crippen molar-refractivity contribution in [2.45, 2.75) is 70.9 Å². The molecule has 0 radical (unpaired) electrons. The Morgan fingerprint density at radius 1 is 1.10 bits per heavy atom. The van der Waals surface area contributed by atoms with Crippen molar-refractivity contribution in [1.29, 1.82) is 0 Å². The van der Waals surface area contributed by atoms with Gasteiger partial charge in [0.2, 0.25) is 5.91 Å². The summed E-state index contributed by atoms with van der Waals surface area (Å²) in [5.74, 6) is 0.562. The predicted octanol–water partition coefficient (Wildman–Crippen LogP) is 2.27. The van der Waals surface area contributed by atoms with E-state index in [1.807, 2.05) is 20.8 Å². The van der Waals surface area contributed by atoms with Crippen LogP contribution in [-0.2, 0) is 4.79 Å². The molecule has 1 aliphatic carbocycles. The third-order valence-electron chi connectivity index (χ3n) is 4.45. The summed E-state index contributed by atoms with van der Waals surface area (Å²) < 4.78 is 0. The first-order valence-electron chi connectivity index (χ1n) is 8.21. The standard InChI is InChI=1S/C16H29N3O2/c1-16(2,3)18-15(21)17-14(20)11-19-10-6-8-12-7-4-5-9-13(12)19/h12-13H,4-11H2,1-3H3,(H2,17,18,20,21)/t12-,13+/m1/s1. The summed E-state index contributed by atoms with van der Waals surface area (Å²) in [6.07, 6.45) is 7.56. The molecule has 0 aromatic carbocycles. The summed E-state index contributed by atoms with van der Waals surface area (Å²) in [5, 5.41) is 5.20. The van der Waals surface area contributed by atoms with Crippen molar-refractivity contribution in [3.8, 4) is 0 Å². The van der Waals surface area contributed by atoms with Gasteiger partial charge in [-0.2, -0.15) is 0 Å². The summed E-state index contributed by atoms with van der Waals surface area (Å²) in [5.41, 5.74) is -0.329. The van der Waals surface area contributed by atoms with Gasteiger partial charge in [0.15, 0.2) is 0 Å². The minimum absolute atomic E-state index is 0.192. The Bertz CT molecular complexity index is 387. The fourth-order valence-electron chi connectivity index (χ4n) is 3.65. The largest absolute Gasteiger partial charge is 0.333 e. The number of piperidine rings is 1. The van der Waals surface area contributed by atoms with Crippen LogP contribution in [0.3, 0.4) is 0 Å². The lowest BCUT2D eigenvalue weighted by molar-refractivity contribution is -0.122. The second-order valence-corrected chi connectivity index (χ2v) is 7.48. The molecule has 1 saturated carbocycles. The van der Waals surface area contributed by atoms with Gasteiger partial charge in [0.25, 0.3) is 0 Å². The predicted molar refractivity (Wildman–Crippen MR) is 83.0 cm³/mol. The van der Waals surface area contributed by atoms with Crippen molar-refractivity contribution in [3.05, 3.63) is 0 Å². The molecule has 21 heavy (non-hydrogen) atoms. The maximum absolute atomic E-state index is 12.1. The summed E-state index contributed by atoms with van der Waals surface area (Å²) in [6.45, 7) is 7.02. The Labute approximate surface area is 127 Å². The Kier molecular flexibility index (Phi) is 5.25. The van der Waals surface area contributed by atoms with Crippen molar-refractivity contribution in [3.63, 3.8) is 0 Å². The van der Waals surface area contributed by atoms with Gasteiger partial charge in [-0.15, -0.1) is 0 Å². The highest BCUT2D eigenvalue weighted by Crippen LogP contribution is 2.34. The number of likely N-dealkylation sites (tertiary alicyclic amines) is 1. The number of imide groups is 1. The fraction of sp³-hybridized carbons (Fsp3) is 0.875. The van der Waals surface area contributed by atoms with E-state index >= 15 is 0 Å². The molecule has 1 saturated heterocycles. The zero-order valence-corrected chi connectivity index (χ0v) is 13.6. The molecular formula is C16H29N3O2. The van der Waals surface area contributed by atoms with Crippen molar-refractivity contribution in [2.24, 2.45) is 5.92 Å². The summed E-state index contributed by atoms with van der Waals surface area (Å²) >= 11 is 0. The summed E-state index contributed by atoms with van der Waals surface area (Å²) in [6, 6.07) is 0.147. The van der Waals surface area contributed by atoms with Crippen LogP contribution in [-0.4, -0.2) is 41.5 Å². The molecule has 0 spiro atoms. The number of nitrogens with zero attached hydrogens (tertiary/aromatic N) is 1. The normalized spacial score (nSPS) is 26.8. The van der Waals surface area contributed by atoms with E-state index in [1.54, 1.807) is 0 Å². The number of hydrogen-bond donors (Lipinski definition) is 2. The Balaban J connectivity index is 1.82. The Morgan fingerprint density at radius 3 is 2.48 bits per heavy atom. The van der Waals surface area contributed by atoms with Gasteiger partial charge in [-0.3, -0.25) is 15.0 Å². The first-order valence-corrected chi connectivity index (χ1v) is 8.21. The molecule has 5 nitrogen and oxygen atoms in total. The van der Waals surface area contributed by atoms with Gasteiger partial charge in [-0.25, -0.2) is 4.79 Å². The molecule has 2 N–H and O–H groups in total. The number of carbonyl (C=O) groups excluding carboxylic acids is 2. The lowest BCUT2D eigenvalue weighted by Gasteiger charge is -2.43. The third kappa shape index (κ3) is 4.99. The minimum Gasteiger partial charge on any atom is -0.333 e. The van der Waals surface area contributed by atoms with E-state index in [9.17, 15) is 9.59 Å². The van der Waals surface area contributed by atoms with E-state index < -0.39 is 6.03 Å². The number of amides is 3. The van der Waals surface area contributed by atoms with E-state index in [-0.39, 0.29) is 11.4 Å². The van der Waals surface area contributed by atoms with Gasteiger partial charge < -0.3 is 5.32 Å². The number of urea groups is 1. The highest BCUT2D eigenvalue weighted by Gasteiger charge is 2.34. The first-order chi connectivity index (χ1) is 9.85. The third-order valence-corrected chi connectivity index (χ3v) is 4.45. The molecule has 0 unspecified atom stereocenters. The summed E-state index contributed by atoms with van der Waals surface area (Å²) in [4.78, 5) is 26.1. The molecule has 5 heteroatoms. The van der Waals surface area contributed by atoms with E-state index in [0.29, 0.717) is 12.6 Å². The van der Waals surface area contributed by atoms with Crippen LogP contribution < -0.4 is 10.6 Å². The van der Waals surface area contributed by atoms with Gasteiger partial charge >= 0.3 is 6.03 Å². The number of carbonyl (C=O) groups is 2. The number of rotatable bonds is 2. The average Bonchev–Trinajstić information content (AvgIpc) is 2.36. The van der Waals surface area contributed by atoms with E-state index in [4.69, 9.17) is 0 Å². The van der Waals surface area contributed by atoms with Crippen molar-refractivity contribution in [1.82, 2.24) is 15.5 Å². The SMILES string of the molecule is CC(C)(C)NC(=O)NC(=O)CN1CCC[C@H]2CCCC[C@@H]21. The van der Waals surface area contributed by atoms with Crippen molar-refractivity contribution in [2.75, 3.05) is 13.1 Å². The quantitative estimate of drug-likeness (QED) is 0.821.